The van der Waals surface area contributed by atoms with E-state index in [1.807, 2.05) is 19.2 Å². The first kappa shape index (κ1) is 11.4. The summed E-state index contributed by atoms with van der Waals surface area (Å²) in [6, 6.07) is 10.2. The van der Waals surface area contributed by atoms with Crippen molar-refractivity contribution in [2.24, 2.45) is 0 Å². The third-order valence-electron chi connectivity index (χ3n) is 2.60. The quantitative estimate of drug-likeness (QED) is 0.768. The molecule has 0 saturated carbocycles. The molecule has 1 atom stereocenters. The van der Waals surface area contributed by atoms with Crippen LogP contribution in [0, 0.1) is 0 Å². The first-order valence-electron chi connectivity index (χ1n) is 5.07. The standard InChI is InChI=1S/C12H13ClN2S/c1-9(10-5-4-8-16-10)15(2)12-7-3-6-11(13)14-12/h3-9H,1-2H3. The maximum Gasteiger partial charge on any atom is 0.131 e. The Bertz CT molecular complexity index is 456. The van der Waals surface area contributed by atoms with Crippen LogP contribution >= 0.6 is 22.9 Å². The Balaban J connectivity index is 2.22. The van der Waals surface area contributed by atoms with Crippen molar-refractivity contribution in [3.63, 3.8) is 0 Å². The normalized spacial score (nSPS) is 12.4. The number of rotatable bonds is 3. The molecule has 2 aromatic heterocycles. The summed E-state index contributed by atoms with van der Waals surface area (Å²) in [5.41, 5.74) is 0. The van der Waals surface area contributed by atoms with Gasteiger partial charge in [-0.15, -0.1) is 11.3 Å². The van der Waals surface area contributed by atoms with Crippen LogP contribution in [0.3, 0.4) is 0 Å². The van der Waals surface area contributed by atoms with Gasteiger partial charge < -0.3 is 4.90 Å². The Hall–Kier alpha value is -1.06. The third kappa shape index (κ3) is 2.36. The molecule has 0 fully saturated rings. The van der Waals surface area contributed by atoms with Crippen LogP contribution in [0.25, 0.3) is 0 Å². The molecular weight excluding hydrogens is 240 g/mol. The third-order valence-corrected chi connectivity index (χ3v) is 3.85. The molecule has 0 aliphatic rings. The second-order valence-corrected chi connectivity index (χ2v) is 4.99. The van der Waals surface area contributed by atoms with E-state index in [9.17, 15) is 0 Å². The predicted octanol–water partition coefficient (Wildman–Crippen LogP) is 3.99. The van der Waals surface area contributed by atoms with Crippen molar-refractivity contribution in [3.8, 4) is 0 Å². The molecule has 2 aromatic rings. The summed E-state index contributed by atoms with van der Waals surface area (Å²) in [7, 11) is 2.03. The topological polar surface area (TPSA) is 16.1 Å². The Labute approximate surface area is 105 Å². The summed E-state index contributed by atoms with van der Waals surface area (Å²) in [6.45, 7) is 2.16. The van der Waals surface area contributed by atoms with Gasteiger partial charge >= 0.3 is 0 Å². The van der Waals surface area contributed by atoms with Crippen molar-refractivity contribution in [2.75, 3.05) is 11.9 Å². The fourth-order valence-electron chi connectivity index (χ4n) is 1.51. The van der Waals surface area contributed by atoms with Gasteiger partial charge in [-0.2, -0.15) is 0 Å². The summed E-state index contributed by atoms with van der Waals surface area (Å²) in [4.78, 5) is 7.75. The zero-order chi connectivity index (χ0) is 11.5. The average molecular weight is 253 g/mol. The van der Waals surface area contributed by atoms with E-state index in [1.165, 1.54) is 4.88 Å². The zero-order valence-corrected chi connectivity index (χ0v) is 10.8. The highest BCUT2D eigenvalue weighted by Crippen LogP contribution is 2.27. The van der Waals surface area contributed by atoms with Crippen molar-refractivity contribution in [1.29, 1.82) is 0 Å². The van der Waals surface area contributed by atoms with Crippen LogP contribution in [0.2, 0.25) is 5.15 Å². The van der Waals surface area contributed by atoms with Gasteiger partial charge in [0.05, 0.1) is 6.04 Å². The molecule has 1 unspecified atom stereocenters. The van der Waals surface area contributed by atoms with Gasteiger partial charge in [-0.1, -0.05) is 23.7 Å². The minimum absolute atomic E-state index is 0.311. The van der Waals surface area contributed by atoms with Crippen LogP contribution in [-0.4, -0.2) is 12.0 Å². The monoisotopic (exact) mass is 252 g/mol. The fraction of sp³-hybridized carbons (Fsp3) is 0.250. The average Bonchev–Trinajstić information content (AvgIpc) is 2.80. The molecule has 0 aliphatic heterocycles. The SMILES string of the molecule is CC(c1cccs1)N(C)c1cccc(Cl)n1. The number of thiophene rings is 1. The maximum absolute atomic E-state index is 5.88. The van der Waals surface area contributed by atoms with Crippen molar-refractivity contribution in [1.82, 2.24) is 4.98 Å². The predicted molar refractivity (Wildman–Crippen MR) is 70.4 cm³/mol. The first-order valence-corrected chi connectivity index (χ1v) is 6.33. The van der Waals surface area contributed by atoms with Crippen LogP contribution in [0.4, 0.5) is 5.82 Å². The molecule has 0 N–H and O–H groups in total. The Kier molecular flexibility index (Phi) is 3.46. The number of hydrogen-bond donors (Lipinski definition) is 0. The Morgan fingerprint density at radius 3 is 2.75 bits per heavy atom. The van der Waals surface area contributed by atoms with E-state index in [2.05, 4.69) is 34.3 Å². The van der Waals surface area contributed by atoms with Gasteiger partial charge in [0.25, 0.3) is 0 Å². The summed E-state index contributed by atoms with van der Waals surface area (Å²) < 4.78 is 0. The van der Waals surface area contributed by atoms with Crippen molar-refractivity contribution in [2.45, 2.75) is 13.0 Å². The molecule has 0 amide bonds. The van der Waals surface area contributed by atoms with Gasteiger partial charge in [0.2, 0.25) is 0 Å². The first-order chi connectivity index (χ1) is 7.68. The smallest absolute Gasteiger partial charge is 0.131 e. The van der Waals surface area contributed by atoms with Gasteiger partial charge in [0, 0.05) is 11.9 Å². The highest BCUT2D eigenvalue weighted by molar-refractivity contribution is 7.10. The molecule has 2 heterocycles. The van der Waals surface area contributed by atoms with E-state index in [4.69, 9.17) is 11.6 Å². The minimum Gasteiger partial charge on any atom is -0.352 e. The molecule has 4 heteroatoms. The molecule has 16 heavy (non-hydrogen) atoms. The largest absolute Gasteiger partial charge is 0.352 e. The fourth-order valence-corrected chi connectivity index (χ4v) is 2.50. The second-order valence-electron chi connectivity index (χ2n) is 3.62. The lowest BCUT2D eigenvalue weighted by Gasteiger charge is -2.25. The van der Waals surface area contributed by atoms with Crippen molar-refractivity contribution in [3.05, 3.63) is 45.7 Å². The maximum atomic E-state index is 5.88. The van der Waals surface area contributed by atoms with Crippen LogP contribution < -0.4 is 4.90 Å². The molecule has 2 rings (SSSR count). The minimum atomic E-state index is 0.311. The summed E-state index contributed by atoms with van der Waals surface area (Å²) >= 11 is 7.64. The summed E-state index contributed by atoms with van der Waals surface area (Å²) in [6.07, 6.45) is 0. The van der Waals surface area contributed by atoms with E-state index >= 15 is 0 Å². The van der Waals surface area contributed by atoms with Gasteiger partial charge in [-0.05, 0) is 30.5 Å². The van der Waals surface area contributed by atoms with Gasteiger partial charge in [-0.3, -0.25) is 0 Å². The van der Waals surface area contributed by atoms with Crippen LogP contribution in [0.5, 0.6) is 0 Å². The lowest BCUT2D eigenvalue weighted by atomic mass is 10.2. The van der Waals surface area contributed by atoms with Crippen LogP contribution in [0.1, 0.15) is 17.8 Å². The van der Waals surface area contributed by atoms with E-state index in [0.29, 0.717) is 11.2 Å². The number of hydrogen-bond acceptors (Lipinski definition) is 3. The van der Waals surface area contributed by atoms with E-state index < -0.39 is 0 Å². The molecule has 0 aliphatic carbocycles. The van der Waals surface area contributed by atoms with Crippen molar-refractivity contribution < 1.29 is 0 Å². The molecular formula is C12H13ClN2S. The molecule has 0 bridgehead atoms. The number of aromatic nitrogens is 1. The van der Waals surface area contributed by atoms with Crippen molar-refractivity contribution >= 4 is 28.8 Å². The summed E-state index contributed by atoms with van der Waals surface area (Å²) in [5.74, 6) is 0.897. The Morgan fingerprint density at radius 2 is 2.12 bits per heavy atom. The second kappa shape index (κ2) is 4.85. The number of halogens is 1. The lowest BCUT2D eigenvalue weighted by molar-refractivity contribution is 0.742. The van der Waals surface area contributed by atoms with Gasteiger partial charge in [-0.25, -0.2) is 4.98 Å². The number of pyridine rings is 1. The molecule has 2 nitrogen and oxygen atoms in total. The molecule has 0 saturated heterocycles. The molecule has 0 aromatic carbocycles. The number of nitrogens with zero attached hydrogens (tertiary/aromatic N) is 2. The van der Waals surface area contributed by atoms with E-state index in [-0.39, 0.29) is 0 Å². The van der Waals surface area contributed by atoms with E-state index in [0.717, 1.165) is 5.82 Å². The molecule has 84 valence electrons. The molecule has 0 spiro atoms. The van der Waals surface area contributed by atoms with Crippen LogP contribution in [0.15, 0.2) is 35.7 Å². The zero-order valence-electron chi connectivity index (χ0n) is 9.22. The highest BCUT2D eigenvalue weighted by Gasteiger charge is 2.14. The van der Waals surface area contributed by atoms with Gasteiger partial charge in [0.1, 0.15) is 11.0 Å². The van der Waals surface area contributed by atoms with E-state index in [1.54, 1.807) is 17.4 Å². The van der Waals surface area contributed by atoms with Gasteiger partial charge in [0.15, 0.2) is 0 Å². The number of anilines is 1. The Morgan fingerprint density at radius 1 is 1.31 bits per heavy atom. The highest BCUT2D eigenvalue weighted by atomic mass is 35.5. The molecule has 0 radical (unpaired) electrons. The van der Waals surface area contributed by atoms with Crippen LogP contribution in [-0.2, 0) is 0 Å². The summed E-state index contributed by atoms with van der Waals surface area (Å²) in [5, 5.41) is 2.62. The lowest BCUT2D eigenvalue weighted by Crippen LogP contribution is -2.21.